The number of nitrogens with one attached hydrogen (secondary N) is 10. The van der Waals surface area contributed by atoms with Gasteiger partial charge in [-0.05, 0) is 84.2 Å². The van der Waals surface area contributed by atoms with Gasteiger partial charge in [0.15, 0.2) is 5.96 Å². The molecule has 5 aromatic rings. The predicted molar refractivity (Wildman–Crippen MR) is 347 cm³/mol. The predicted octanol–water partition coefficient (Wildman–Crippen LogP) is -3.63. The van der Waals surface area contributed by atoms with Crippen molar-refractivity contribution in [2.24, 2.45) is 45.3 Å². The first kappa shape index (κ1) is 75.5. The number of aromatic hydroxyl groups is 1. The van der Waals surface area contributed by atoms with E-state index in [0.717, 1.165) is 17.0 Å². The van der Waals surface area contributed by atoms with Crippen LogP contribution in [0.4, 0.5) is 9.18 Å². The Bertz CT molecular complexity index is 3570. The van der Waals surface area contributed by atoms with Crippen LogP contribution in [0.15, 0.2) is 114 Å². The normalized spacial score (nSPS) is 13.8. The summed E-state index contributed by atoms with van der Waals surface area (Å²) in [5.74, 6) is -12.5. The number of fused-ring (bicyclic) bond motifs is 1. The molecule has 4 aromatic carbocycles. The van der Waals surface area contributed by atoms with E-state index in [1.807, 2.05) is 0 Å². The summed E-state index contributed by atoms with van der Waals surface area (Å²) in [6.07, 6.45) is -0.884. The molecule has 0 saturated heterocycles. The lowest BCUT2D eigenvalue weighted by atomic mass is 10.0. The van der Waals surface area contributed by atoms with Gasteiger partial charge in [-0.2, -0.15) is 0 Å². The molecule has 0 radical (unpaired) electrons. The van der Waals surface area contributed by atoms with Gasteiger partial charge in [-0.3, -0.25) is 63.2 Å². The maximum atomic E-state index is 14.5. The van der Waals surface area contributed by atoms with E-state index in [1.165, 1.54) is 49.6 Å². The maximum Gasteiger partial charge on any atom is 0.334 e. The van der Waals surface area contributed by atoms with E-state index in [2.05, 4.69) is 58.0 Å². The number of primary amides is 3. The largest absolute Gasteiger partial charge is 0.508 e. The Morgan fingerprint density at radius 2 is 1.05 bits per heavy atom. The number of phenolic OH excluding ortho intramolecular Hbond substituents is 1. The quantitative estimate of drug-likeness (QED) is 0.00796. The van der Waals surface area contributed by atoms with Crippen LogP contribution in [0.25, 0.3) is 10.9 Å². The summed E-state index contributed by atoms with van der Waals surface area (Å²) in [5, 5.41) is 37.8. The van der Waals surface area contributed by atoms with Crippen molar-refractivity contribution in [3.63, 3.8) is 0 Å². The SMILES string of the molecule is CC(C)C[C@H](NC(=O)NNC(=O)[C@H](Cc1ccccc1)NC(=O)[C@H](CO)NC(=O)[C@H](CC(N)=O)NC(=O)[C@H](Cc1c[nH]c2ccccc12)NC(=O)[C@H](CC(N)=O)NC(=O)[C@H](N)Cc1ccc(O)cc1)C(=O)N(C)[C@@H](CCCN=C(N)N)C(=O)N[C@@H](Cc1ccc(F)cc1)C(N)=O. The van der Waals surface area contributed by atoms with Crippen LogP contribution in [-0.2, 0) is 78.4 Å². The van der Waals surface area contributed by atoms with Crippen molar-refractivity contribution in [3.8, 4) is 5.75 Å². The minimum absolute atomic E-state index is 0.0185. The molecular weight excluding hydrogens is 1250 g/mol. The van der Waals surface area contributed by atoms with Gasteiger partial charge in [-0.1, -0.05) is 86.6 Å². The van der Waals surface area contributed by atoms with Crippen LogP contribution in [0.3, 0.4) is 0 Å². The van der Waals surface area contributed by atoms with Crippen LogP contribution in [0.2, 0.25) is 0 Å². The third-order valence-corrected chi connectivity index (χ3v) is 14.9. The van der Waals surface area contributed by atoms with E-state index in [4.69, 9.17) is 34.4 Å². The molecule has 33 heteroatoms. The Labute approximate surface area is 550 Å². The minimum Gasteiger partial charge on any atom is -0.508 e. The number of nitrogens with zero attached hydrogens (tertiary/aromatic N) is 2. The van der Waals surface area contributed by atoms with Crippen LogP contribution in [0, 0.1) is 11.7 Å². The second kappa shape index (κ2) is 36.9. The molecule has 0 bridgehead atoms. The highest BCUT2D eigenvalue weighted by molar-refractivity contribution is 6.00. The molecule has 0 unspecified atom stereocenters. The van der Waals surface area contributed by atoms with Crippen LogP contribution >= 0.6 is 0 Å². The number of likely N-dealkylation sites (N-methyl/N-ethyl adjacent to an activating group) is 1. The highest BCUT2D eigenvalue weighted by Crippen LogP contribution is 2.21. The Hall–Kier alpha value is -11.2. The molecule has 32 nitrogen and oxygen atoms in total. The molecule has 0 aliphatic carbocycles. The number of H-pyrrole nitrogens is 1. The van der Waals surface area contributed by atoms with E-state index < -0.39 is 151 Å². The molecule has 13 amide bonds. The van der Waals surface area contributed by atoms with Crippen molar-refractivity contribution in [3.05, 3.63) is 137 Å². The number of carbonyl (C=O) groups is 12. The fourth-order valence-corrected chi connectivity index (χ4v) is 9.98. The number of nitrogens with two attached hydrogens (primary N) is 6. The van der Waals surface area contributed by atoms with E-state index in [9.17, 15) is 72.1 Å². The number of aromatic nitrogens is 1. The molecule has 0 aliphatic rings. The van der Waals surface area contributed by atoms with Gasteiger partial charge in [-0.25, -0.2) is 14.6 Å². The fourth-order valence-electron chi connectivity index (χ4n) is 9.98. The molecule has 1 heterocycles. The highest BCUT2D eigenvalue weighted by Gasteiger charge is 2.37. The number of hydrogen-bond donors (Lipinski definition) is 18. The van der Waals surface area contributed by atoms with Gasteiger partial charge in [-0.15, -0.1) is 0 Å². The molecule has 1 aromatic heterocycles. The van der Waals surface area contributed by atoms with Crippen molar-refractivity contribution in [1.29, 1.82) is 0 Å². The van der Waals surface area contributed by atoms with Gasteiger partial charge >= 0.3 is 6.03 Å². The number of phenols is 1. The number of amides is 13. The highest BCUT2D eigenvalue weighted by atomic mass is 19.1. The number of aliphatic hydroxyl groups is 1. The van der Waals surface area contributed by atoms with Gasteiger partial charge in [0.2, 0.25) is 59.1 Å². The zero-order chi connectivity index (χ0) is 70.8. The first-order valence-corrected chi connectivity index (χ1v) is 30.4. The average molecular weight is 1340 g/mol. The van der Waals surface area contributed by atoms with Crippen molar-refractivity contribution >= 4 is 87.9 Å². The molecule has 9 atom stereocenters. The Kier molecular flexibility index (Phi) is 29.0. The van der Waals surface area contributed by atoms with Gasteiger partial charge in [0.1, 0.15) is 59.9 Å². The number of aliphatic hydroxyl groups excluding tert-OH is 1. The number of aliphatic imine (C=N–C) groups is 1. The lowest BCUT2D eigenvalue weighted by Crippen LogP contribution is -2.62. The average Bonchev–Trinajstić information content (AvgIpc) is 1.57. The van der Waals surface area contributed by atoms with Crippen LogP contribution < -0.4 is 82.5 Å². The summed E-state index contributed by atoms with van der Waals surface area (Å²) in [4.78, 5) is 172. The molecule has 5 rings (SSSR count). The standard InChI is InChI=1S/C63H83FN18O14/c1-33(2)24-48(61(95)82(3)50(14-9-23-71-62(69)70)60(94)73-43(53(68)87)26-36-15-19-38(64)20-16-36)79-63(96)81-80-59(93)44(27-34-10-5-4-6-11-34)75-58(92)49(32-83)78-57(91)47(30-52(67)86)77-55(89)45(28-37-31-72-42-13-8-7-12-40(37)42)76-56(90)46(29-51(66)85)74-54(88)41(65)25-35-17-21-39(84)22-18-35/h4-8,10-13,15-22,31,33,41,43-50,72,83-84H,9,14,23-30,32,65H2,1-3H3,(H2,66,85)(H2,67,86)(H2,68,87)(H,73,94)(H,74,88)(H,75,92)(H,76,90)(H,77,89)(H,78,91)(H,80,93)(H4,69,70,71)(H2,79,81,96)/t41-,43+,44+,45+,46+,47+,48+,49+,50+/m1/s1. The van der Waals surface area contributed by atoms with E-state index in [-0.39, 0.29) is 69.1 Å². The molecule has 516 valence electrons. The number of guanidine groups is 1. The summed E-state index contributed by atoms with van der Waals surface area (Å²) < 4.78 is 13.7. The zero-order valence-corrected chi connectivity index (χ0v) is 53.0. The summed E-state index contributed by atoms with van der Waals surface area (Å²) in [7, 11) is 1.29. The Morgan fingerprint density at radius 3 is 1.64 bits per heavy atom. The third kappa shape index (κ3) is 24.4. The van der Waals surface area contributed by atoms with E-state index in [1.54, 1.807) is 68.4 Å². The third-order valence-electron chi connectivity index (χ3n) is 14.9. The smallest absolute Gasteiger partial charge is 0.334 e. The number of urea groups is 1. The molecule has 0 saturated carbocycles. The topological polar surface area (TPSA) is 541 Å². The maximum absolute atomic E-state index is 14.5. The summed E-state index contributed by atoms with van der Waals surface area (Å²) in [6.45, 7) is 2.36. The number of carbonyl (C=O) groups excluding carboxylic acids is 12. The van der Waals surface area contributed by atoms with Crippen molar-refractivity contribution in [1.82, 2.24) is 58.0 Å². The molecule has 0 aliphatic heterocycles. The number of benzene rings is 4. The second-order valence-corrected chi connectivity index (χ2v) is 23.0. The zero-order valence-electron chi connectivity index (χ0n) is 53.0. The minimum atomic E-state index is -1.93. The van der Waals surface area contributed by atoms with Crippen LogP contribution in [0.5, 0.6) is 5.75 Å². The van der Waals surface area contributed by atoms with E-state index >= 15 is 0 Å². The number of para-hydroxylation sites is 1. The van der Waals surface area contributed by atoms with Crippen LogP contribution in [0.1, 0.15) is 68.2 Å². The van der Waals surface area contributed by atoms with Crippen molar-refractivity contribution < 1.29 is 72.1 Å². The molecule has 24 N–H and O–H groups in total. The first-order chi connectivity index (χ1) is 45.5. The van der Waals surface area contributed by atoms with Gasteiger partial charge in [0, 0.05) is 50.0 Å². The number of halogens is 1. The van der Waals surface area contributed by atoms with E-state index in [0.29, 0.717) is 33.2 Å². The first-order valence-electron chi connectivity index (χ1n) is 30.4. The molecule has 0 spiro atoms. The van der Waals surface area contributed by atoms with Crippen molar-refractivity contribution in [2.75, 3.05) is 20.2 Å². The molecule has 0 fully saturated rings. The number of aromatic amines is 1. The number of hydrogen-bond acceptors (Lipinski definition) is 16. The number of rotatable bonds is 36. The van der Waals surface area contributed by atoms with Crippen LogP contribution in [-0.4, -0.2) is 172 Å². The lowest BCUT2D eigenvalue weighted by molar-refractivity contribution is -0.141. The summed E-state index contributed by atoms with van der Waals surface area (Å²) >= 11 is 0. The molecular formula is C63H83FN18O14. The fraction of sp³-hybridized carbons (Fsp3) is 0.381. The Morgan fingerprint density at radius 1 is 0.552 bits per heavy atom. The monoisotopic (exact) mass is 1330 g/mol. The summed E-state index contributed by atoms with van der Waals surface area (Å²) in [5.41, 5.74) is 40.7. The second-order valence-electron chi connectivity index (χ2n) is 23.0. The number of hydrazine groups is 1. The van der Waals surface area contributed by atoms with Gasteiger partial charge < -0.3 is 91.7 Å². The molecule has 96 heavy (non-hydrogen) atoms. The van der Waals surface area contributed by atoms with Gasteiger partial charge in [0.05, 0.1) is 25.5 Å². The summed E-state index contributed by atoms with van der Waals surface area (Å²) in [6, 6.07) is 10.6. The van der Waals surface area contributed by atoms with Crippen molar-refractivity contribution in [2.45, 2.75) is 126 Å². The Balaban J connectivity index is 1.32. The lowest BCUT2D eigenvalue weighted by Gasteiger charge is -2.32. The van der Waals surface area contributed by atoms with Gasteiger partial charge in [0.25, 0.3) is 5.91 Å².